The zero-order valence-electron chi connectivity index (χ0n) is 18.1. The number of hydrogen-bond acceptors (Lipinski definition) is 7. The summed E-state index contributed by atoms with van der Waals surface area (Å²) in [6.07, 6.45) is 3.52. The third kappa shape index (κ3) is 4.53. The molecule has 9 nitrogen and oxygen atoms in total. The SMILES string of the molecule is COc1cc(C(=O)N2CC[C@@H](O)C2)ccc1Nc1ncc(Cl)c(-c2ccn(C(C)C)n2)n1. The van der Waals surface area contributed by atoms with Crippen molar-refractivity contribution >= 4 is 29.1 Å². The first-order valence-corrected chi connectivity index (χ1v) is 10.7. The van der Waals surface area contributed by atoms with Gasteiger partial charge in [0.05, 0.1) is 30.1 Å². The highest BCUT2D eigenvalue weighted by Crippen LogP contribution is 2.31. The van der Waals surface area contributed by atoms with Crippen LogP contribution in [-0.2, 0) is 0 Å². The molecular weight excluding hydrogens is 432 g/mol. The molecule has 0 saturated carbocycles. The Balaban J connectivity index is 1.57. The molecule has 2 N–H and O–H groups in total. The molecule has 0 radical (unpaired) electrons. The number of aromatic nitrogens is 4. The Labute approximate surface area is 191 Å². The van der Waals surface area contributed by atoms with Gasteiger partial charge in [0, 0.05) is 30.9 Å². The van der Waals surface area contributed by atoms with Crippen molar-refractivity contribution in [2.45, 2.75) is 32.4 Å². The number of aliphatic hydroxyl groups excluding tert-OH is 1. The van der Waals surface area contributed by atoms with Gasteiger partial charge in [-0.15, -0.1) is 0 Å². The van der Waals surface area contributed by atoms with Crippen LogP contribution in [0.15, 0.2) is 36.7 Å². The number of halogens is 1. The predicted molar refractivity (Wildman–Crippen MR) is 121 cm³/mol. The third-order valence-corrected chi connectivity index (χ3v) is 5.55. The lowest BCUT2D eigenvalue weighted by atomic mass is 10.1. The maximum absolute atomic E-state index is 12.7. The molecule has 3 aromatic rings. The average molecular weight is 457 g/mol. The lowest BCUT2D eigenvalue weighted by Gasteiger charge is -2.17. The Bertz CT molecular complexity index is 1130. The van der Waals surface area contributed by atoms with Gasteiger partial charge in [-0.1, -0.05) is 11.6 Å². The number of nitrogens with one attached hydrogen (secondary N) is 1. The van der Waals surface area contributed by atoms with Crippen molar-refractivity contribution in [3.63, 3.8) is 0 Å². The fraction of sp³-hybridized carbons (Fsp3) is 0.364. The van der Waals surface area contributed by atoms with Gasteiger partial charge < -0.3 is 20.1 Å². The quantitative estimate of drug-likeness (QED) is 0.584. The Morgan fingerprint density at radius 2 is 2.16 bits per heavy atom. The van der Waals surface area contributed by atoms with Crippen LogP contribution in [0.5, 0.6) is 5.75 Å². The molecule has 3 heterocycles. The van der Waals surface area contributed by atoms with E-state index in [0.717, 1.165) is 0 Å². The molecule has 0 spiro atoms. The molecule has 1 aromatic carbocycles. The van der Waals surface area contributed by atoms with Crippen molar-refractivity contribution in [2.24, 2.45) is 0 Å². The highest BCUT2D eigenvalue weighted by molar-refractivity contribution is 6.32. The minimum atomic E-state index is -0.468. The largest absolute Gasteiger partial charge is 0.495 e. The summed E-state index contributed by atoms with van der Waals surface area (Å²) in [5, 5.41) is 17.7. The summed E-state index contributed by atoms with van der Waals surface area (Å²) in [7, 11) is 1.53. The second-order valence-corrected chi connectivity index (χ2v) is 8.31. The van der Waals surface area contributed by atoms with Crippen molar-refractivity contribution in [2.75, 3.05) is 25.5 Å². The van der Waals surface area contributed by atoms with E-state index in [2.05, 4.69) is 20.4 Å². The number of nitrogens with zero attached hydrogens (tertiary/aromatic N) is 5. The molecule has 2 aromatic heterocycles. The van der Waals surface area contributed by atoms with Crippen LogP contribution < -0.4 is 10.1 Å². The van der Waals surface area contributed by atoms with Gasteiger partial charge in [0.15, 0.2) is 0 Å². The summed E-state index contributed by atoms with van der Waals surface area (Å²) in [6.45, 7) is 4.96. The predicted octanol–water partition coefficient (Wildman–Crippen LogP) is 3.53. The molecule has 1 fully saturated rings. The van der Waals surface area contributed by atoms with E-state index in [1.165, 1.54) is 13.3 Å². The van der Waals surface area contributed by atoms with E-state index in [9.17, 15) is 9.90 Å². The van der Waals surface area contributed by atoms with E-state index in [0.29, 0.717) is 58.9 Å². The lowest BCUT2D eigenvalue weighted by molar-refractivity contribution is 0.0764. The molecule has 0 unspecified atom stereocenters. The van der Waals surface area contributed by atoms with E-state index < -0.39 is 6.10 Å². The average Bonchev–Trinajstić information content (AvgIpc) is 3.44. The molecule has 168 valence electrons. The van der Waals surface area contributed by atoms with E-state index in [-0.39, 0.29) is 11.9 Å². The molecule has 1 amide bonds. The fourth-order valence-electron chi connectivity index (χ4n) is 3.52. The number of carbonyl (C=O) groups excluding carboxylic acids is 1. The number of benzene rings is 1. The maximum Gasteiger partial charge on any atom is 0.254 e. The molecule has 0 aliphatic carbocycles. The Morgan fingerprint density at radius 1 is 1.34 bits per heavy atom. The van der Waals surface area contributed by atoms with Gasteiger partial charge in [-0.3, -0.25) is 9.48 Å². The summed E-state index contributed by atoms with van der Waals surface area (Å²) in [6, 6.07) is 7.18. The molecule has 32 heavy (non-hydrogen) atoms. The number of likely N-dealkylation sites (tertiary alicyclic amines) is 1. The van der Waals surface area contributed by atoms with Gasteiger partial charge in [0.1, 0.15) is 17.1 Å². The monoisotopic (exact) mass is 456 g/mol. The highest BCUT2D eigenvalue weighted by Gasteiger charge is 2.26. The van der Waals surface area contributed by atoms with Crippen molar-refractivity contribution < 1.29 is 14.6 Å². The summed E-state index contributed by atoms with van der Waals surface area (Å²) < 4.78 is 7.31. The zero-order chi connectivity index (χ0) is 22.8. The first-order chi connectivity index (χ1) is 15.4. The van der Waals surface area contributed by atoms with Crippen LogP contribution in [-0.4, -0.2) is 62.0 Å². The standard InChI is InChI=1S/C22H25ClN6O3/c1-13(2)29-9-7-18(27-29)20-16(23)11-24-22(26-20)25-17-5-4-14(10-19(17)32-3)21(31)28-8-6-15(30)12-28/h4-5,7,9-11,13,15,30H,6,8,12H2,1-3H3,(H,24,25,26)/t15-/m1/s1. The molecule has 10 heteroatoms. The Kier molecular flexibility index (Phi) is 6.29. The van der Waals surface area contributed by atoms with Gasteiger partial charge in [-0.25, -0.2) is 9.97 Å². The maximum atomic E-state index is 12.7. The lowest BCUT2D eigenvalue weighted by Crippen LogP contribution is -2.29. The van der Waals surface area contributed by atoms with E-state index in [1.807, 2.05) is 30.8 Å². The van der Waals surface area contributed by atoms with E-state index in [4.69, 9.17) is 16.3 Å². The Hall–Kier alpha value is -3.17. The molecule has 4 rings (SSSR count). The number of methoxy groups -OCH3 is 1. The van der Waals surface area contributed by atoms with Gasteiger partial charge >= 0.3 is 0 Å². The van der Waals surface area contributed by atoms with Crippen molar-refractivity contribution in [3.05, 3.63) is 47.2 Å². The van der Waals surface area contributed by atoms with Crippen LogP contribution in [0.25, 0.3) is 11.4 Å². The van der Waals surface area contributed by atoms with Gasteiger partial charge in [0.25, 0.3) is 5.91 Å². The van der Waals surface area contributed by atoms with Crippen LogP contribution in [0, 0.1) is 0 Å². The number of β-amino-alcohol motifs (C(OH)–C–C–N with tert-alkyl or cyclic N) is 1. The van der Waals surface area contributed by atoms with E-state index >= 15 is 0 Å². The fourth-order valence-corrected chi connectivity index (χ4v) is 3.70. The van der Waals surface area contributed by atoms with Crippen LogP contribution in [0.4, 0.5) is 11.6 Å². The smallest absolute Gasteiger partial charge is 0.254 e. The molecule has 1 saturated heterocycles. The number of anilines is 2. The van der Waals surface area contributed by atoms with E-state index in [1.54, 1.807) is 23.1 Å². The molecule has 1 aliphatic heterocycles. The van der Waals surface area contributed by atoms with Crippen LogP contribution in [0.2, 0.25) is 5.02 Å². The van der Waals surface area contributed by atoms with Crippen LogP contribution in [0.1, 0.15) is 36.7 Å². The second-order valence-electron chi connectivity index (χ2n) is 7.90. The van der Waals surface area contributed by atoms with Gasteiger partial charge in [-0.2, -0.15) is 5.10 Å². The minimum Gasteiger partial charge on any atom is -0.495 e. The number of aliphatic hydroxyl groups is 1. The molecule has 0 bridgehead atoms. The number of carbonyl (C=O) groups is 1. The van der Waals surface area contributed by atoms with Gasteiger partial charge in [-0.05, 0) is 44.5 Å². The number of amides is 1. The second kappa shape index (κ2) is 9.13. The van der Waals surface area contributed by atoms with Gasteiger partial charge in [0.2, 0.25) is 5.95 Å². The summed E-state index contributed by atoms with van der Waals surface area (Å²) >= 11 is 6.32. The van der Waals surface area contributed by atoms with Crippen LogP contribution in [0.3, 0.4) is 0 Å². The summed E-state index contributed by atoms with van der Waals surface area (Å²) in [5.41, 5.74) is 2.25. The van der Waals surface area contributed by atoms with Crippen molar-refractivity contribution in [3.8, 4) is 17.1 Å². The Morgan fingerprint density at radius 3 is 2.81 bits per heavy atom. The third-order valence-electron chi connectivity index (χ3n) is 5.27. The number of hydrogen-bond donors (Lipinski definition) is 2. The molecule has 1 atom stereocenters. The summed E-state index contributed by atoms with van der Waals surface area (Å²) in [4.78, 5) is 23.1. The van der Waals surface area contributed by atoms with Crippen molar-refractivity contribution in [1.82, 2.24) is 24.6 Å². The number of rotatable bonds is 6. The van der Waals surface area contributed by atoms with Crippen molar-refractivity contribution in [1.29, 1.82) is 0 Å². The normalized spacial score (nSPS) is 15.9. The molecule has 1 aliphatic rings. The first-order valence-electron chi connectivity index (χ1n) is 10.4. The highest BCUT2D eigenvalue weighted by atomic mass is 35.5. The number of ether oxygens (including phenoxy) is 1. The topological polar surface area (TPSA) is 105 Å². The molecular formula is C22H25ClN6O3. The van der Waals surface area contributed by atoms with Crippen LogP contribution >= 0.6 is 11.6 Å². The first kappa shape index (κ1) is 22.0. The zero-order valence-corrected chi connectivity index (χ0v) is 18.9. The minimum absolute atomic E-state index is 0.142. The summed E-state index contributed by atoms with van der Waals surface area (Å²) in [5.74, 6) is 0.653.